The minimum atomic E-state index is -0.106. The second-order valence-electron chi connectivity index (χ2n) is 5.06. The van der Waals surface area contributed by atoms with Crippen LogP contribution in [0.15, 0.2) is 24.3 Å². The SMILES string of the molecule is CCOc1ccc(NC(=O)CCN(C(C)=O)C(C)C)cc1. The summed E-state index contributed by atoms with van der Waals surface area (Å²) < 4.78 is 5.34. The zero-order chi connectivity index (χ0) is 15.8. The number of hydrogen-bond acceptors (Lipinski definition) is 3. The van der Waals surface area contributed by atoms with Gasteiger partial charge < -0.3 is 15.0 Å². The third kappa shape index (κ3) is 5.85. The molecular weight excluding hydrogens is 268 g/mol. The quantitative estimate of drug-likeness (QED) is 0.840. The van der Waals surface area contributed by atoms with Crippen molar-refractivity contribution < 1.29 is 14.3 Å². The maximum absolute atomic E-state index is 11.9. The molecule has 5 nitrogen and oxygen atoms in total. The molecule has 0 saturated carbocycles. The smallest absolute Gasteiger partial charge is 0.226 e. The summed E-state index contributed by atoms with van der Waals surface area (Å²) in [6.45, 7) is 8.35. The molecule has 0 aliphatic heterocycles. The first-order valence-electron chi connectivity index (χ1n) is 7.24. The Hall–Kier alpha value is -2.04. The summed E-state index contributed by atoms with van der Waals surface area (Å²) in [5.41, 5.74) is 0.724. The molecule has 0 atom stereocenters. The van der Waals surface area contributed by atoms with Gasteiger partial charge in [-0.05, 0) is 45.0 Å². The number of carbonyl (C=O) groups is 2. The lowest BCUT2D eigenvalue weighted by molar-refractivity contribution is -0.130. The van der Waals surface area contributed by atoms with Crippen LogP contribution in [0.25, 0.3) is 0 Å². The van der Waals surface area contributed by atoms with Gasteiger partial charge >= 0.3 is 0 Å². The summed E-state index contributed by atoms with van der Waals surface area (Å²) >= 11 is 0. The van der Waals surface area contributed by atoms with E-state index in [-0.39, 0.29) is 24.3 Å². The highest BCUT2D eigenvalue weighted by Crippen LogP contribution is 2.15. The molecule has 0 unspecified atom stereocenters. The molecule has 21 heavy (non-hydrogen) atoms. The number of hydrogen-bond donors (Lipinski definition) is 1. The van der Waals surface area contributed by atoms with Crippen LogP contribution in [0.2, 0.25) is 0 Å². The first-order valence-corrected chi connectivity index (χ1v) is 7.24. The van der Waals surface area contributed by atoms with Crippen LogP contribution in [0.4, 0.5) is 5.69 Å². The Labute approximate surface area is 126 Å². The normalized spacial score (nSPS) is 10.3. The predicted octanol–water partition coefficient (Wildman–Crippen LogP) is 2.67. The van der Waals surface area contributed by atoms with Crippen molar-refractivity contribution in [2.75, 3.05) is 18.5 Å². The second kappa shape index (κ2) is 8.29. The Kier molecular flexibility index (Phi) is 6.72. The van der Waals surface area contributed by atoms with E-state index in [1.165, 1.54) is 6.92 Å². The van der Waals surface area contributed by atoms with Crippen molar-refractivity contribution >= 4 is 17.5 Å². The van der Waals surface area contributed by atoms with Gasteiger partial charge in [-0.15, -0.1) is 0 Å². The number of benzene rings is 1. The number of nitrogens with one attached hydrogen (secondary N) is 1. The molecule has 0 aliphatic rings. The first-order chi connectivity index (χ1) is 9.93. The second-order valence-corrected chi connectivity index (χ2v) is 5.06. The molecule has 0 saturated heterocycles. The van der Waals surface area contributed by atoms with Gasteiger partial charge in [0.25, 0.3) is 0 Å². The standard InChI is InChI=1S/C16H24N2O3/c1-5-21-15-8-6-14(7-9-15)17-16(20)10-11-18(12(2)3)13(4)19/h6-9,12H,5,10-11H2,1-4H3,(H,17,20). The fraction of sp³-hybridized carbons (Fsp3) is 0.500. The summed E-state index contributed by atoms with van der Waals surface area (Å²) in [5, 5.41) is 2.81. The van der Waals surface area contributed by atoms with E-state index in [2.05, 4.69) is 5.32 Å². The Morgan fingerprint density at radius 3 is 2.33 bits per heavy atom. The van der Waals surface area contributed by atoms with Gasteiger partial charge in [-0.3, -0.25) is 9.59 Å². The van der Waals surface area contributed by atoms with E-state index in [1.54, 1.807) is 17.0 Å². The number of rotatable bonds is 7. The number of nitrogens with zero attached hydrogens (tertiary/aromatic N) is 1. The van der Waals surface area contributed by atoms with Crippen LogP contribution in [-0.2, 0) is 9.59 Å². The minimum absolute atomic E-state index is 0.0149. The molecule has 0 fully saturated rings. The molecule has 0 aromatic heterocycles. The average molecular weight is 292 g/mol. The maximum Gasteiger partial charge on any atom is 0.226 e. The van der Waals surface area contributed by atoms with Gasteiger partial charge in [0.15, 0.2) is 0 Å². The summed E-state index contributed by atoms with van der Waals surface area (Å²) in [4.78, 5) is 25.0. The first kappa shape index (κ1) is 17.0. The molecule has 0 bridgehead atoms. The molecule has 116 valence electrons. The molecule has 1 N–H and O–H groups in total. The van der Waals surface area contributed by atoms with Gasteiger partial charge in [-0.2, -0.15) is 0 Å². The number of anilines is 1. The molecular formula is C16H24N2O3. The van der Waals surface area contributed by atoms with E-state index in [0.717, 1.165) is 11.4 Å². The molecule has 2 amide bonds. The molecule has 0 radical (unpaired) electrons. The minimum Gasteiger partial charge on any atom is -0.494 e. The highest BCUT2D eigenvalue weighted by atomic mass is 16.5. The zero-order valence-electron chi connectivity index (χ0n) is 13.2. The van der Waals surface area contributed by atoms with Gasteiger partial charge in [-0.25, -0.2) is 0 Å². The van der Waals surface area contributed by atoms with E-state index < -0.39 is 0 Å². The lowest BCUT2D eigenvalue weighted by Gasteiger charge is -2.24. The van der Waals surface area contributed by atoms with Crippen molar-refractivity contribution in [3.8, 4) is 5.75 Å². The predicted molar refractivity (Wildman–Crippen MR) is 83.4 cm³/mol. The van der Waals surface area contributed by atoms with E-state index >= 15 is 0 Å². The summed E-state index contributed by atoms with van der Waals surface area (Å²) in [7, 11) is 0. The van der Waals surface area contributed by atoms with Crippen LogP contribution in [-0.4, -0.2) is 35.9 Å². The van der Waals surface area contributed by atoms with Gasteiger partial charge in [0, 0.05) is 31.6 Å². The van der Waals surface area contributed by atoms with Gasteiger partial charge in [0.1, 0.15) is 5.75 Å². The number of carbonyl (C=O) groups excluding carboxylic acids is 2. The van der Waals surface area contributed by atoms with Crippen molar-refractivity contribution in [1.82, 2.24) is 4.90 Å². The summed E-state index contributed by atoms with van der Waals surface area (Å²) in [6.07, 6.45) is 0.283. The van der Waals surface area contributed by atoms with Crippen LogP contribution in [0, 0.1) is 0 Å². The number of amides is 2. The molecule has 0 heterocycles. The largest absolute Gasteiger partial charge is 0.494 e. The van der Waals surface area contributed by atoms with Crippen molar-refractivity contribution in [3.05, 3.63) is 24.3 Å². The van der Waals surface area contributed by atoms with Crippen molar-refractivity contribution in [2.45, 2.75) is 40.2 Å². The van der Waals surface area contributed by atoms with Crippen LogP contribution < -0.4 is 10.1 Å². The maximum atomic E-state index is 11.9. The van der Waals surface area contributed by atoms with Crippen LogP contribution in [0.5, 0.6) is 5.75 Å². The van der Waals surface area contributed by atoms with Gasteiger partial charge in [0.2, 0.25) is 11.8 Å². The highest BCUT2D eigenvalue weighted by Gasteiger charge is 2.14. The monoisotopic (exact) mass is 292 g/mol. The topological polar surface area (TPSA) is 58.6 Å². The van der Waals surface area contributed by atoms with Gasteiger partial charge in [0.05, 0.1) is 6.61 Å². The van der Waals surface area contributed by atoms with Crippen molar-refractivity contribution in [3.63, 3.8) is 0 Å². The third-order valence-electron chi connectivity index (χ3n) is 3.06. The van der Waals surface area contributed by atoms with E-state index in [4.69, 9.17) is 4.74 Å². The molecule has 1 rings (SSSR count). The Morgan fingerprint density at radius 1 is 1.24 bits per heavy atom. The molecule has 1 aromatic rings. The fourth-order valence-corrected chi connectivity index (χ4v) is 2.03. The van der Waals surface area contributed by atoms with Gasteiger partial charge in [-0.1, -0.05) is 0 Å². The van der Waals surface area contributed by atoms with Crippen LogP contribution in [0.1, 0.15) is 34.1 Å². The Balaban J connectivity index is 2.48. The Morgan fingerprint density at radius 2 is 1.86 bits per heavy atom. The van der Waals surface area contributed by atoms with Crippen LogP contribution in [0.3, 0.4) is 0 Å². The van der Waals surface area contributed by atoms with E-state index in [1.807, 2.05) is 32.9 Å². The van der Waals surface area contributed by atoms with Crippen molar-refractivity contribution in [2.24, 2.45) is 0 Å². The average Bonchev–Trinajstić information content (AvgIpc) is 2.40. The fourth-order valence-electron chi connectivity index (χ4n) is 2.03. The highest BCUT2D eigenvalue weighted by molar-refractivity contribution is 5.91. The zero-order valence-corrected chi connectivity index (χ0v) is 13.2. The summed E-state index contributed by atoms with van der Waals surface area (Å²) in [5.74, 6) is 0.656. The summed E-state index contributed by atoms with van der Waals surface area (Å²) in [6, 6.07) is 7.33. The third-order valence-corrected chi connectivity index (χ3v) is 3.06. The molecule has 5 heteroatoms. The van der Waals surface area contributed by atoms with E-state index in [9.17, 15) is 9.59 Å². The molecule has 1 aromatic carbocycles. The lowest BCUT2D eigenvalue weighted by Crippen LogP contribution is -2.37. The van der Waals surface area contributed by atoms with Crippen LogP contribution >= 0.6 is 0 Å². The Bertz CT molecular complexity index is 469. The molecule has 0 aliphatic carbocycles. The molecule has 0 spiro atoms. The lowest BCUT2D eigenvalue weighted by atomic mass is 10.2. The van der Waals surface area contributed by atoms with Crippen molar-refractivity contribution in [1.29, 1.82) is 0 Å². The van der Waals surface area contributed by atoms with E-state index in [0.29, 0.717) is 13.2 Å². The number of ether oxygens (including phenoxy) is 1.